The van der Waals surface area contributed by atoms with Gasteiger partial charge in [-0.2, -0.15) is 0 Å². The molecular formula is C79H127N17O26. The lowest BCUT2D eigenvalue weighted by Crippen LogP contribution is -2.63. The van der Waals surface area contributed by atoms with E-state index in [1.807, 2.05) is 0 Å². The Kier molecular flexibility index (Phi) is 47.6. The van der Waals surface area contributed by atoms with Crippen LogP contribution in [0.15, 0.2) is 54.6 Å². The van der Waals surface area contributed by atoms with E-state index in [1.165, 1.54) is 45.0 Å². The molecule has 0 saturated heterocycles. The number of aromatic hydroxyl groups is 1. The number of carbonyl (C=O) groups excluding carboxylic acids is 14. The molecule has 122 heavy (non-hydrogen) atoms. The minimum absolute atomic E-state index is 0.0533. The third-order valence-corrected chi connectivity index (χ3v) is 18.9. The number of benzene rings is 2. The van der Waals surface area contributed by atoms with Crippen LogP contribution in [0.3, 0.4) is 0 Å². The number of rotatable bonds is 57. The standard InChI is InChI=1S/C79H127N17O26/c1-38(2)29-51(87-74(116)57(36-97)91-69(111)54(33-46-23-25-47(102)26-24-46)89-76(118)62(42(9)99)94-65(107)48(82)32-45-19-13-12-14-20-45)68(110)84-49(21-15-17-27-80)66(108)83-50(22-16-18-28-81)67(109)88-55(34-59(103)104)70(112)85-52(30-39(3)4)72(114)95-63(43(10)100)77(119)90-56(35-60(105)106)71(113)86-53(31-40(5)6)73(115)96-64(44(11)101)78(120)92-58(37-98)75(117)93-61(41(7)8)79(121)122/h12-14,19-20,23-26,38-44,48-58,61-64,97-102H,15-18,21-22,27-37,80-82H2,1-11H3,(H,83,108)(H,84,110)(H,85,112)(H,86,113)(H,87,116)(H,88,109)(H,89,118)(H,90,119)(H,91,111)(H,92,120)(H,93,117)(H,94,107)(H,95,114)(H,96,115)(H,103,104)(H,105,106)(H,121,122)/t42-,43-,44-,48+,49+,50+,51+,52+,53+,54+,55+,56+,57+,58+,61+,62+,63+,64+/m1/s1. The Labute approximate surface area is 707 Å². The maximum absolute atomic E-state index is 14.6. The number of hydrogen-bond acceptors (Lipinski definition) is 26. The molecule has 2 aromatic carbocycles. The quantitative estimate of drug-likeness (QED) is 0.0274. The van der Waals surface area contributed by atoms with Crippen molar-refractivity contribution in [3.05, 3.63) is 65.7 Å². The van der Waals surface area contributed by atoms with Crippen molar-refractivity contribution >= 4 is 101 Å². The molecule has 0 aliphatic rings. The molecule has 0 radical (unpaired) electrons. The van der Waals surface area contributed by atoms with E-state index in [2.05, 4.69) is 74.4 Å². The zero-order valence-electron chi connectivity index (χ0n) is 70.6. The number of carboxylic acid groups (broad SMARTS) is 3. The van der Waals surface area contributed by atoms with Crippen LogP contribution in [0, 0.1) is 23.7 Å². The first kappa shape index (κ1) is 107. The van der Waals surface area contributed by atoms with Crippen molar-refractivity contribution in [1.29, 1.82) is 0 Å². The highest BCUT2D eigenvalue weighted by atomic mass is 16.4. The molecule has 0 unspecified atom stereocenters. The summed E-state index contributed by atoms with van der Waals surface area (Å²) in [5.41, 5.74) is 18.8. The van der Waals surface area contributed by atoms with Crippen LogP contribution in [0.5, 0.6) is 5.75 Å². The van der Waals surface area contributed by atoms with Crippen molar-refractivity contribution in [2.24, 2.45) is 40.9 Å². The predicted octanol–water partition coefficient (Wildman–Crippen LogP) is -6.49. The van der Waals surface area contributed by atoms with Crippen LogP contribution in [0.1, 0.15) is 158 Å². The fourth-order valence-corrected chi connectivity index (χ4v) is 12.3. The summed E-state index contributed by atoms with van der Waals surface area (Å²) in [5, 5.41) is 125. The first-order valence-corrected chi connectivity index (χ1v) is 40.3. The van der Waals surface area contributed by atoms with Gasteiger partial charge >= 0.3 is 17.9 Å². The Balaban J connectivity index is 2.49. The van der Waals surface area contributed by atoms with E-state index >= 15 is 0 Å². The molecule has 0 spiro atoms. The maximum atomic E-state index is 14.6. The van der Waals surface area contributed by atoms with Crippen LogP contribution in [-0.4, -0.2) is 282 Å². The zero-order chi connectivity index (χ0) is 92.5. The third kappa shape index (κ3) is 38.7. The fraction of sp³-hybridized carbons (Fsp3) is 0.633. The molecule has 43 nitrogen and oxygen atoms in total. The summed E-state index contributed by atoms with van der Waals surface area (Å²) < 4.78 is 0. The number of phenolic OH excluding ortho intramolecular Hbond substituents is 1. The Morgan fingerprint density at radius 1 is 0.320 bits per heavy atom. The lowest BCUT2D eigenvalue weighted by atomic mass is 10.0. The summed E-state index contributed by atoms with van der Waals surface area (Å²) >= 11 is 0. The number of nitrogens with one attached hydrogen (secondary N) is 14. The third-order valence-electron chi connectivity index (χ3n) is 18.9. The minimum atomic E-state index is -2.12. The molecule has 0 heterocycles. The van der Waals surface area contributed by atoms with Crippen molar-refractivity contribution in [1.82, 2.24) is 74.4 Å². The number of carboxylic acids is 3. The van der Waals surface area contributed by atoms with Crippen LogP contribution in [0.2, 0.25) is 0 Å². The minimum Gasteiger partial charge on any atom is -0.508 e. The number of nitrogens with two attached hydrogens (primary N) is 3. The average Bonchev–Trinajstić information content (AvgIpc) is 0.851. The number of unbranched alkanes of at least 4 members (excludes halogenated alkanes) is 2. The summed E-state index contributed by atoms with van der Waals surface area (Å²) in [6.45, 7) is 13.9. The molecule has 2 rings (SSSR count). The Morgan fingerprint density at radius 3 is 0.943 bits per heavy atom. The van der Waals surface area contributed by atoms with Crippen molar-refractivity contribution in [2.75, 3.05) is 26.3 Å². The average molecular weight is 1730 g/mol. The zero-order valence-corrected chi connectivity index (χ0v) is 70.6. The molecule has 0 aromatic heterocycles. The second-order valence-corrected chi connectivity index (χ2v) is 31.5. The molecule has 684 valence electrons. The molecule has 0 bridgehead atoms. The molecule has 0 fully saturated rings. The smallest absolute Gasteiger partial charge is 0.326 e. The SMILES string of the molecule is CC(C)C[C@H](NC(=O)[C@H](CO)NC(=O)[C@H](Cc1ccc(O)cc1)NC(=O)[C@@H](NC(=O)[C@@H](N)Cc1ccccc1)[C@@H](C)O)C(=O)N[C@@H](CCCCN)C(=O)N[C@@H](CCCCN)C(=O)N[C@@H](CC(=O)O)C(=O)N[C@@H](CC(C)C)C(=O)N[C@H](C(=O)N[C@@H](CC(=O)O)C(=O)N[C@@H](CC(C)C)C(=O)N[C@H](C(=O)N[C@@H](CO)C(=O)N[C@H](C(=O)O)C(C)C)[C@@H](C)O)[C@@H](C)O. The topological polar surface area (TPSA) is 719 Å². The van der Waals surface area contributed by atoms with Crippen LogP contribution >= 0.6 is 0 Å². The number of aliphatic hydroxyl groups excluding tert-OH is 5. The van der Waals surface area contributed by atoms with E-state index in [-0.39, 0.29) is 89.0 Å². The molecule has 0 saturated carbocycles. The van der Waals surface area contributed by atoms with Crippen LogP contribution in [-0.2, 0) is 94.3 Å². The van der Waals surface area contributed by atoms with Gasteiger partial charge in [0, 0.05) is 6.42 Å². The van der Waals surface area contributed by atoms with E-state index in [0.717, 1.165) is 13.8 Å². The Hall–Kier alpha value is -11.1. The van der Waals surface area contributed by atoms with E-state index in [1.54, 1.807) is 71.9 Å². The van der Waals surface area contributed by atoms with Gasteiger partial charge in [-0.05, 0) is 145 Å². The lowest BCUT2D eigenvalue weighted by molar-refractivity contribution is -0.144. The second-order valence-electron chi connectivity index (χ2n) is 31.5. The molecular weight excluding hydrogens is 1600 g/mol. The number of amides is 14. The van der Waals surface area contributed by atoms with E-state index < -0.39 is 253 Å². The van der Waals surface area contributed by atoms with Crippen molar-refractivity contribution in [3.8, 4) is 5.75 Å². The molecule has 0 aliphatic heterocycles. The summed E-state index contributed by atoms with van der Waals surface area (Å²) in [6, 6.07) is -11.8. The first-order chi connectivity index (χ1) is 57.2. The molecule has 0 aliphatic carbocycles. The van der Waals surface area contributed by atoms with E-state index in [4.69, 9.17) is 17.2 Å². The number of aliphatic hydroxyl groups is 5. The number of hydrogen-bond donors (Lipinski definition) is 26. The first-order valence-electron chi connectivity index (χ1n) is 40.3. The molecule has 18 atom stereocenters. The highest BCUT2D eigenvalue weighted by Crippen LogP contribution is 2.17. The van der Waals surface area contributed by atoms with Gasteiger partial charge in [0.2, 0.25) is 82.7 Å². The summed E-state index contributed by atoms with van der Waals surface area (Å²) in [4.78, 5) is 233. The second kappa shape index (κ2) is 54.3. The molecule has 2 aromatic rings. The largest absolute Gasteiger partial charge is 0.508 e. The van der Waals surface area contributed by atoms with Gasteiger partial charge in [-0.3, -0.25) is 76.7 Å². The molecule has 14 amide bonds. The van der Waals surface area contributed by atoms with Gasteiger partial charge in [-0.15, -0.1) is 0 Å². The fourth-order valence-electron chi connectivity index (χ4n) is 12.3. The van der Waals surface area contributed by atoms with Gasteiger partial charge in [0.25, 0.3) is 0 Å². The van der Waals surface area contributed by atoms with Crippen LogP contribution in [0.4, 0.5) is 0 Å². The maximum Gasteiger partial charge on any atom is 0.326 e. The van der Waals surface area contributed by atoms with Gasteiger partial charge in [0.05, 0.1) is 50.4 Å². The Bertz CT molecular complexity index is 3800. The molecule has 29 N–H and O–H groups in total. The number of phenols is 1. The molecule has 43 heteroatoms. The lowest BCUT2D eigenvalue weighted by Gasteiger charge is -2.29. The number of aliphatic carboxylic acids is 3. The van der Waals surface area contributed by atoms with Crippen molar-refractivity contribution < 1.29 is 127 Å². The van der Waals surface area contributed by atoms with E-state index in [9.17, 15) is 127 Å². The van der Waals surface area contributed by atoms with Gasteiger partial charge in [0.15, 0.2) is 0 Å². The van der Waals surface area contributed by atoms with Gasteiger partial charge in [-0.1, -0.05) is 97.9 Å². The number of carbonyl (C=O) groups is 17. The Morgan fingerprint density at radius 2 is 0.598 bits per heavy atom. The van der Waals surface area contributed by atoms with Crippen LogP contribution in [0.25, 0.3) is 0 Å². The summed E-state index contributed by atoms with van der Waals surface area (Å²) in [7, 11) is 0. The summed E-state index contributed by atoms with van der Waals surface area (Å²) in [5.74, 6) is -23.2. The highest BCUT2D eigenvalue weighted by Gasteiger charge is 2.41. The van der Waals surface area contributed by atoms with Crippen LogP contribution < -0.4 is 91.6 Å². The van der Waals surface area contributed by atoms with Crippen molar-refractivity contribution in [2.45, 2.75) is 269 Å². The van der Waals surface area contributed by atoms with Gasteiger partial charge in [0.1, 0.15) is 90.3 Å². The monoisotopic (exact) mass is 1730 g/mol. The van der Waals surface area contributed by atoms with Gasteiger partial charge in [-0.25, -0.2) is 4.79 Å². The van der Waals surface area contributed by atoms with E-state index in [0.29, 0.717) is 17.5 Å². The van der Waals surface area contributed by atoms with Gasteiger partial charge < -0.3 is 138 Å². The summed E-state index contributed by atoms with van der Waals surface area (Å²) in [6.07, 6.45) is -8.11. The predicted molar refractivity (Wildman–Crippen MR) is 437 cm³/mol. The normalized spacial score (nSPS) is 15.8. The van der Waals surface area contributed by atoms with Crippen molar-refractivity contribution in [3.63, 3.8) is 0 Å². The highest BCUT2D eigenvalue weighted by molar-refractivity contribution is 6.01.